The van der Waals surface area contributed by atoms with E-state index in [0.29, 0.717) is 11.3 Å². The third-order valence-electron chi connectivity index (χ3n) is 4.33. The molecule has 168 valence electrons. The van der Waals surface area contributed by atoms with Crippen LogP contribution in [0.25, 0.3) is 0 Å². The van der Waals surface area contributed by atoms with Crippen LogP contribution in [0.2, 0.25) is 5.02 Å². The number of amides is 3. The lowest BCUT2D eigenvalue weighted by Gasteiger charge is -2.17. The van der Waals surface area contributed by atoms with Crippen LogP contribution in [-0.4, -0.2) is 54.3 Å². The predicted octanol–water partition coefficient (Wildman–Crippen LogP) is 1.40. The Balaban J connectivity index is 1.89. The van der Waals surface area contributed by atoms with E-state index in [1.165, 1.54) is 18.2 Å². The maximum Gasteiger partial charge on any atom is 0.328 e. The van der Waals surface area contributed by atoms with Crippen LogP contribution in [0.1, 0.15) is 26.3 Å². The van der Waals surface area contributed by atoms with E-state index < -0.39 is 42.8 Å². The number of hydrogen-bond donors (Lipinski definition) is 6. The second-order valence-corrected chi connectivity index (χ2v) is 7.06. The SMILES string of the molecule is Cc1cccc(Cl)c1C(=O)N[C@@H](CNC(=O)CNC(=O)c1cccc(NC=N)c1)C(=O)O. The van der Waals surface area contributed by atoms with Crippen LogP contribution in [0.3, 0.4) is 0 Å². The second kappa shape index (κ2) is 11.5. The molecule has 10 nitrogen and oxygen atoms in total. The molecular formula is C21H22ClN5O5. The van der Waals surface area contributed by atoms with Gasteiger partial charge in [0, 0.05) is 17.8 Å². The summed E-state index contributed by atoms with van der Waals surface area (Å²) in [6, 6.07) is 9.76. The molecule has 0 unspecified atom stereocenters. The lowest BCUT2D eigenvalue weighted by Crippen LogP contribution is -2.50. The van der Waals surface area contributed by atoms with Gasteiger partial charge in [-0.15, -0.1) is 0 Å². The lowest BCUT2D eigenvalue weighted by molar-refractivity contribution is -0.139. The van der Waals surface area contributed by atoms with Gasteiger partial charge in [0.15, 0.2) is 0 Å². The van der Waals surface area contributed by atoms with E-state index in [4.69, 9.17) is 17.0 Å². The van der Waals surface area contributed by atoms with Gasteiger partial charge in [-0.2, -0.15) is 0 Å². The average molecular weight is 460 g/mol. The molecule has 0 aromatic heterocycles. The first-order valence-electron chi connectivity index (χ1n) is 9.42. The molecule has 1 atom stereocenters. The maximum atomic E-state index is 12.4. The molecule has 0 aliphatic carbocycles. The van der Waals surface area contributed by atoms with Crippen molar-refractivity contribution >= 4 is 47.3 Å². The minimum absolute atomic E-state index is 0.152. The summed E-state index contributed by atoms with van der Waals surface area (Å²) in [5.41, 5.74) is 1.53. The Morgan fingerprint density at radius 2 is 1.81 bits per heavy atom. The summed E-state index contributed by atoms with van der Waals surface area (Å²) in [6.45, 7) is 0.876. The summed E-state index contributed by atoms with van der Waals surface area (Å²) in [5, 5.41) is 26.3. The normalized spacial score (nSPS) is 11.1. The van der Waals surface area contributed by atoms with Gasteiger partial charge in [0.05, 0.1) is 23.5 Å². The summed E-state index contributed by atoms with van der Waals surface area (Å²) in [4.78, 5) is 48.2. The van der Waals surface area contributed by atoms with Crippen molar-refractivity contribution < 1.29 is 24.3 Å². The largest absolute Gasteiger partial charge is 0.480 e. The minimum atomic E-state index is -1.40. The molecule has 0 saturated carbocycles. The van der Waals surface area contributed by atoms with Crippen molar-refractivity contribution in [3.63, 3.8) is 0 Å². The highest BCUT2D eigenvalue weighted by molar-refractivity contribution is 6.34. The zero-order chi connectivity index (χ0) is 23.7. The fourth-order valence-electron chi connectivity index (χ4n) is 2.72. The Morgan fingerprint density at radius 1 is 1.09 bits per heavy atom. The molecule has 32 heavy (non-hydrogen) atoms. The second-order valence-electron chi connectivity index (χ2n) is 6.65. The van der Waals surface area contributed by atoms with E-state index in [1.807, 2.05) is 0 Å². The van der Waals surface area contributed by atoms with Crippen LogP contribution < -0.4 is 21.3 Å². The Bertz CT molecular complexity index is 1020. The Kier molecular flexibility index (Phi) is 8.72. The Morgan fingerprint density at radius 3 is 2.47 bits per heavy atom. The fourth-order valence-corrected chi connectivity index (χ4v) is 3.03. The van der Waals surface area contributed by atoms with Gasteiger partial charge in [0.25, 0.3) is 11.8 Å². The molecule has 0 spiro atoms. The molecule has 0 fully saturated rings. The zero-order valence-electron chi connectivity index (χ0n) is 17.1. The number of rotatable bonds is 10. The highest BCUT2D eigenvalue weighted by atomic mass is 35.5. The molecule has 2 aromatic carbocycles. The molecule has 0 aliphatic heterocycles. The van der Waals surface area contributed by atoms with E-state index in [1.54, 1.807) is 31.2 Å². The molecule has 2 rings (SSSR count). The number of hydrogen-bond acceptors (Lipinski definition) is 5. The van der Waals surface area contributed by atoms with Gasteiger partial charge in [-0.3, -0.25) is 19.8 Å². The summed E-state index contributed by atoms with van der Waals surface area (Å²) >= 11 is 6.03. The Labute approximate surface area is 188 Å². The van der Waals surface area contributed by atoms with Crippen molar-refractivity contribution in [3.05, 3.63) is 64.2 Å². The van der Waals surface area contributed by atoms with Gasteiger partial charge in [0.1, 0.15) is 6.04 Å². The van der Waals surface area contributed by atoms with E-state index in [9.17, 15) is 24.3 Å². The molecule has 2 aromatic rings. The van der Waals surface area contributed by atoms with Crippen LogP contribution >= 0.6 is 11.6 Å². The van der Waals surface area contributed by atoms with Crippen molar-refractivity contribution in [2.45, 2.75) is 13.0 Å². The first-order chi connectivity index (χ1) is 15.2. The molecule has 0 heterocycles. The van der Waals surface area contributed by atoms with E-state index in [-0.39, 0.29) is 16.1 Å². The topological polar surface area (TPSA) is 160 Å². The van der Waals surface area contributed by atoms with Gasteiger partial charge < -0.3 is 26.4 Å². The summed E-state index contributed by atoms with van der Waals surface area (Å²) in [7, 11) is 0. The first kappa shape index (κ1) is 24.4. The van der Waals surface area contributed by atoms with Crippen LogP contribution in [0, 0.1) is 12.3 Å². The van der Waals surface area contributed by atoms with Crippen molar-refractivity contribution in [2.24, 2.45) is 0 Å². The standard InChI is InChI=1S/C21H22ClN5O5/c1-12-4-2-7-15(22)18(12)20(30)27-16(21(31)32)9-24-17(28)10-25-19(29)13-5-3-6-14(8-13)26-11-23/h2-8,11,16H,9-10H2,1H3,(H2,23,26)(H,24,28)(H,25,29)(H,27,30)(H,31,32)/t16-/m0/s1. The Hall–Kier alpha value is -3.92. The first-order valence-corrected chi connectivity index (χ1v) is 9.80. The monoisotopic (exact) mass is 459 g/mol. The van der Waals surface area contributed by atoms with Gasteiger partial charge in [-0.25, -0.2) is 4.79 Å². The number of carbonyl (C=O) groups excluding carboxylic acids is 3. The summed E-state index contributed by atoms with van der Waals surface area (Å²) in [5.74, 6) is -3.18. The highest BCUT2D eigenvalue weighted by Crippen LogP contribution is 2.19. The smallest absolute Gasteiger partial charge is 0.328 e. The van der Waals surface area contributed by atoms with E-state index >= 15 is 0 Å². The number of carboxylic acid groups (broad SMARTS) is 1. The maximum absolute atomic E-state index is 12.4. The van der Waals surface area contributed by atoms with Gasteiger partial charge in [0.2, 0.25) is 5.91 Å². The van der Waals surface area contributed by atoms with Crippen LogP contribution in [-0.2, 0) is 9.59 Å². The highest BCUT2D eigenvalue weighted by Gasteiger charge is 2.23. The predicted molar refractivity (Wildman–Crippen MR) is 119 cm³/mol. The number of carbonyl (C=O) groups is 4. The van der Waals surface area contributed by atoms with Gasteiger partial charge in [-0.05, 0) is 36.8 Å². The third-order valence-corrected chi connectivity index (χ3v) is 4.64. The van der Waals surface area contributed by atoms with Crippen molar-refractivity contribution in [1.82, 2.24) is 16.0 Å². The number of carboxylic acids is 1. The minimum Gasteiger partial charge on any atom is -0.480 e. The lowest BCUT2D eigenvalue weighted by atomic mass is 10.1. The number of aryl methyl sites for hydroxylation is 1. The number of halogens is 1. The molecule has 11 heteroatoms. The number of benzene rings is 2. The third kappa shape index (κ3) is 6.81. The average Bonchev–Trinajstić information content (AvgIpc) is 2.75. The molecule has 0 bridgehead atoms. The number of nitrogens with one attached hydrogen (secondary N) is 5. The number of aliphatic carboxylic acids is 1. The van der Waals surface area contributed by atoms with E-state index in [0.717, 1.165) is 6.34 Å². The number of anilines is 1. The quantitative estimate of drug-likeness (QED) is 0.232. The fraction of sp³-hybridized carbons (Fsp3) is 0.190. The van der Waals surface area contributed by atoms with Gasteiger partial charge >= 0.3 is 5.97 Å². The van der Waals surface area contributed by atoms with Gasteiger partial charge in [-0.1, -0.05) is 29.8 Å². The molecule has 6 N–H and O–H groups in total. The summed E-state index contributed by atoms with van der Waals surface area (Å²) in [6.07, 6.45) is 0.967. The van der Waals surface area contributed by atoms with Crippen LogP contribution in [0.5, 0.6) is 0 Å². The molecule has 0 aliphatic rings. The van der Waals surface area contributed by atoms with Crippen LogP contribution in [0.4, 0.5) is 5.69 Å². The van der Waals surface area contributed by atoms with Crippen molar-refractivity contribution in [3.8, 4) is 0 Å². The van der Waals surface area contributed by atoms with Crippen molar-refractivity contribution in [2.75, 3.05) is 18.4 Å². The molecule has 0 saturated heterocycles. The molecular weight excluding hydrogens is 438 g/mol. The van der Waals surface area contributed by atoms with Crippen molar-refractivity contribution in [1.29, 1.82) is 5.41 Å². The van der Waals surface area contributed by atoms with E-state index in [2.05, 4.69) is 21.3 Å². The zero-order valence-corrected chi connectivity index (χ0v) is 17.8. The summed E-state index contributed by atoms with van der Waals surface area (Å²) < 4.78 is 0. The molecule has 0 radical (unpaired) electrons. The van der Waals surface area contributed by atoms with Crippen LogP contribution in [0.15, 0.2) is 42.5 Å². The molecule has 3 amide bonds.